The van der Waals surface area contributed by atoms with Gasteiger partial charge in [0.2, 0.25) is 0 Å². The number of fused-ring (bicyclic) bond motifs is 1. The van der Waals surface area contributed by atoms with Gasteiger partial charge in [-0.2, -0.15) is 0 Å². The maximum Gasteiger partial charge on any atom is 0.342 e. The van der Waals surface area contributed by atoms with E-state index in [9.17, 15) is 19.5 Å². The van der Waals surface area contributed by atoms with Crippen molar-refractivity contribution in [1.29, 1.82) is 0 Å². The molecule has 1 N–H and O–H groups in total. The zero-order valence-electron chi connectivity index (χ0n) is 19.5. The highest BCUT2D eigenvalue weighted by Crippen LogP contribution is 2.64. The monoisotopic (exact) mass is 448 g/mol. The molecule has 8 atom stereocenters. The van der Waals surface area contributed by atoms with E-state index < -0.39 is 64.9 Å². The summed E-state index contributed by atoms with van der Waals surface area (Å²) in [5.74, 6) is -2.00. The van der Waals surface area contributed by atoms with E-state index in [1.807, 2.05) is 32.9 Å². The number of carbonyl (C=O) groups excluding carboxylic acids is 3. The molecule has 2 aliphatic heterocycles. The SMILES string of the molecule is CC(=O)O[C@H]1CC=C(C)[C@@H]2[C@@H](O)[C@]34O[C@]3(C)C(=O)O[C@H]4/C=C(/C)CC[C@@H](OC(C)=O)[C@@]12C. The molecule has 2 saturated heterocycles. The molecule has 0 bridgehead atoms. The molecule has 0 saturated carbocycles. The lowest BCUT2D eigenvalue weighted by Crippen LogP contribution is -2.60. The maximum absolute atomic E-state index is 12.6. The van der Waals surface area contributed by atoms with Crippen molar-refractivity contribution in [2.45, 2.75) is 96.4 Å². The molecule has 2 heterocycles. The summed E-state index contributed by atoms with van der Waals surface area (Å²) in [7, 11) is 0. The fraction of sp³-hybridized carbons (Fsp3) is 0.708. The Balaban J connectivity index is 1.90. The number of aliphatic hydroxyl groups excluding tert-OH is 1. The summed E-state index contributed by atoms with van der Waals surface area (Å²) in [4.78, 5) is 36.7. The molecule has 0 radical (unpaired) electrons. The lowest BCUT2D eigenvalue weighted by atomic mass is 9.57. The first-order valence-corrected chi connectivity index (χ1v) is 11.2. The molecule has 0 amide bonds. The summed E-state index contributed by atoms with van der Waals surface area (Å²) in [5.41, 5.74) is -1.68. The first-order chi connectivity index (χ1) is 14.9. The lowest BCUT2D eigenvalue weighted by Gasteiger charge is -2.52. The molecule has 2 aliphatic carbocycles. The highest BCUT2D eigenvalue weighted by Gasteiger charge is 2.85. The third kappa shape index (κ3) is 3.06. The van der Waals surface area contributed by atoms with Crippen LogP contribution in [0.25, 0.3) is 0 Å². The normalized spacial score (nSPS) is 46.8. The third-order valence-corrected chi connectivity index (χ3v) is 7.93. The van der Waals surface area contributed by atoms with Crippen molar-refractivity contribution in [3.05, 3.63) is 23.3 Å². The van der Waals surface area contributed by atoms with Crippen molar-refractivity contribution in [1.82, 2.24) is 0 Å². The molecule has 4 aliphatic rings. The summed E-state index contributed by atoms with van der Waals surface area (Å²) in [6, 6.07) is 0. The van der Waals surface area contributed by atoms with Crippen LogP contribution in [-0.2, 0) is 33.3 Å². The topological polar surface area (TPSA) is 112 Å². The standard InChI is InChI=1S/C24H32O8/c1-12-7-9-16(29-14(3)25)22(5)17(30-15(4)26)10-8-13(2)19(22)20(27)24-18(11-12)31-21(28)23(24,6)32-24/h8,11,16-20,27H,7,9-10H2,1-6H3/b12-11-/t16-,17+,18+,19-,20-,22+,23-,24+/m1/s1. The first kappa shape index (κ1) is 23.0. The van der Waals surface area contributed by atoms with Gasteiger partial charge in [0.25, 0.3) is 0 Å². The van der Waals surface area contributed by atoms with E-state index in [1.54, 1.807) is 6.92 Å². The van der Waals surface area contributed by atoms with Crippen LogP contribution in [0.15, 0.2) is 23.3 Å². The Morgan fingerprint density at radius 1 is 1.12 bits per heavy atom. The Morgan fingerprint density at radius 3 is 2.34 bits per heavy atom. The summed E-state index contributed by atoms with van der Waals surface area (Å²) >= 11 is 0. The molecule has 32 heavy (non-hydrogen) atoms. The number of epoxide rings is 1. The minimum atomic E-state index is -1.26. The number of allylic oxidation sites excluding steroid dienone is 1. The van der Waals surface area contributed by atoms with Gasteiger partial charge in [0.1, 0.15) is 12.2 Å². The van der Waals surface area contributed by atoms with Crippen LogP contribution in [0.1, 0.15) is 60.8 Å². The summed E-state index contributed by atoms with van der Waals surface area (Å²) in [5, 5.41) is 11.9. The summed E-state index contributed by atoms with van der Waals surface area (Å²) < 4.78 is 23.2. The van der Waals surface area contributed by atoms with Gasteiger partial charge < -0.3 is 24.1 Å². The van der Waals surface area contributed by atoms with Crippen molar-refractivity contribution in [2.24, 2.45) is 11.3 Å². The van der Waals surface area contributed by atoms with Gasteiger partial charge in [0, 0.05) is 26.2 Å². The van der Waals surface area contributed by atoms with Gasteiger partial charge in [-0.25, -0.2) is 4.79 Å². The van der Waals surface area contributed by atoms with Crippen LogP contribution in [-0.4, -0.2) is 58.6 Å². The molecule has 0 aromatic rings. The molecule has 1 spiro atoms. The molecule has 0 aromatic heterocycles. The van der Waals surface area contributed by atoms with Gasteiger partial charge in [-0.3, -0.25) is 9.59 Å². The fourth-order valence-electron chi connectivity index (χ4n) is 6.21. The number of ether oxygens (including phenoxy) is 4. The van der Waals surface area contributed by atoms with E-state index >= 15 is 0 Å². The van der Waals surface area contributed by atoms with Gasteiger partial charge >= 0.3 is 17.9 Å². The largest absolute Gasteiger partial charge is 0.462 e. The van der Waals surface area contributed by atoms with E-state index in [4.69, 9.17) is 18.9 Å². The quantitative estimate of drug-likeness (QED) is 0.297. The second kappa shape index (κ2) is 7.42. The van der Waals surface area contributed by atoms with Gasteiger partial charge in [0.05, 0.1) is 11.5 Å². The molecule has 0 aromatic carbocycles. The zero-order valence-corrected chi connectivity index (χ0v) is 19.5. The molecule has 8 nitrogen and oxygen atoms in total. The van der Waals surface area contributed by atoms with Gasteiger partial charge in [-0.1, -0.05) is 24.1 Å². The van der Waals surface area contributed by atoms with Crippen LogP contribution in [0.2, 0.25) is 0 Å². The van der Waals surface area contributed by atoms with Gasteiger partial charge in [-0.15, -0.1) is 0 Å². The van der Waals surface area contributed by atoms with Crippen LogP contribution >= 0.6 is 0 Å². The summed E-state index contributed by atoms with van der Waals surface area (Å²) in [6.07, 6.45) is 2.09. The van der Waals surface area contributed by atoms with Crippen LogP contribution in [0.5, 0.6) is 0 Å². The number of hydrogen-bond donors (Lipinski definition) is 1. The first-order valence-electron chi connectivity index (χ1n) is 11.2. The minimum Gasteiger partial charge on any atom is -0.462 e. The Labute approximate surface area is 187 Å². The molecular weight excluding hydrogens is 416 g/mol. The smallest absolute Gasteiger partial charge is 0.342 e. The van der Waals surface area contributed by atoms with E-state index in [0.29, 0.717) is 19.3 Å². The van der Waals surface area contributed by atoms with Gasteiger partial charge in [0.15, 0.2) is 17.3 Å². The number of aliphatic hydroxyl groups is 1. The van der Waals surface area contributed by atoms with Crippen molar-refractivity contribution >= 4 is 17.9 Å². The molecule has 176 valence electrons. The van der Waals surface area contributed by atoms with Crippen molar-refractivity contribution in [3.63, 3.8) is 0 Å². The van der Waals surface area contributed by atoms with E-state index in [1.165, 1.54) is 13.8 Å². The number of rotatable bonds is 2. The predicted octanol–water partition coefficient (Wildman–Crippen LogP) is 2.38. The second-order valence-electron chi connectivity index (χ2n) is 9.97. The average molecular weight is 449 g/mol. The molecular formula is C24H32O8. The number of esters is 3. The Kier molecular flexibility index (Phi) is 5.33. The predicted molar refractivity (Wildman–Crippen MR) is 112 cm³/mol. The van der Waals surface area contributed by atoms with Crippen LogP contribution in [0, 0.1) is 11.3 Å². The Bertz CT molecular complexity index is 921. The van der Waals surface area contributed by atoms with Gasteiger partial charge in [-0.05, 0) is 39.7 Å². The summed E-state index contributed by atoms with van der Waals surface area (Å²) in [6.45, 7) is 10.0. The fourth-order valence-corrected chi connectivity index (χ4v) is 6.21. The molecule has 4 rings (SSSR count). The molecule has 0 unspecified atom stereocenters. The highest BCUT2D eigenvalue weighted by atomic mass is 16.7. The highest BCUT2D eigenvalue weighted by molar-refractivity contribution is 5.89. The zero-order chi connectivity index (χ0) is 23.6. The Hall–Kier alpha value is -2.19. The van der Waals surface area contributed by atoms with Crippen LogP contribution < -0.4 is 0 Å². The van der Waals surface area contributed by atoms with E-state index in [2.05, 4.69) is 0 Å². The van der Waals surface area contributed by atoms with E-state index in [-0.39, 0.29) is 0 Å². The molecule has 2 fully saturated rings. The second-order valence-corrected chi connectivity index (χ2v) is 9.97. The van der Waals surface area contributed by atoms with Crippen LogP contribution in [0.3, 0.4) is 0 Å². The van der Waals surface area contributed by atoms with Crippen molar-refractivity contribution in [2.75, 3.05) is 0 Å². The van der Waals surface area contributed by atoms with Crippen molar-refractivity contribution in [3.8, 4) is 0 Å². The third-order valence-electron chi connectivity index (χ3n) is 7.93. The molecule has 8 heteroatoms. The Morgan fingerprint density at radius 2 is 1.75 bits per heavy atom. The number of carbonyl (C=O) groups is 3. The van der Waals surface area contributed by atoms with Crippen LogP contribution in [0.4, 0.5) is 0 Å². The number of hydrogen-bond acceptors (Lipinski definition) is 8. The van der Waals surface area contributed by atoms with E-state index in [0.717, 1.165) is 11.1 Å². The lowest BCUT2D eigenvalue weighted by molar-refractivity contribution is -0.190. The maximum atomic E-state index is 12.6. The average Bonchev–Trinajstić information content (AvgIpc) is 3.28. The van der Waals surface area contributed by atoms with Crippen molar-refractivity contribution < 1.29 is 38.4 Å². The minimum absolute atomic E-state index is 0.432.